The molecule has 0 radical (unpaired) electrons. The van der Waals surface area contributed by atoms with E-state index >= 15 is 0 Å². The van der Waals surface area contributed by atoms with Crippen LogP contribution < -0.4 is 10.1 Å². The quantitative estimate of drug-likeness (QED) is 0.117. The number of benzene rings is 3. The maximum absolute atomic E-state index is 13.6. The predicted octanol–water partition coefficient (Wildman–Crippen LogP) is 7.31. The van der Waals surface area contributed by atoms with Crippen molar-refractivity contribution in [3.05, 3.63) is 112 Å². The molecule has 53 heavy (non-hydrogen) atoms. The standard InChI is InChI=1S/C39H38F3N3O8/c1-22(2)52-37(49)26-14-19-32(30(21-26)38(50)51-6)53-33(46)9-7-8-24-11-18-31(29(20-24)36(48)45(4)5)44-35(47)28-17-10-23(3)43-34(28)25-12-15-27(16-13-25)39(40,41)42/h10-22H,7-9H2,1-6H3,(H,44,47). The molecule has 278 valence electrons. The Morgan fingerprint density at radius 2 is 1.55 bits per heavy atom. The number of rotatable bonds is 12. The third kappa shape index (κ3) is 10.3. The number of pyridine rings is 1. The van der Waals surface area contributed by atoms with Crippen LogP contribution in [0.15, 0.2) is 72.8 Å². The van der Waals surface area contributed by atoms with Crippen molar-refractivity contribution in [1.29, 1.82) is 0 Å². The van der Waals surface area contributed by atoms with Gasteiger partial charge in [-0.15, -0.1) is 0 Å². The minimum atomic E-state index is -4.53. The third-order valence-electron chi connectivity index (χ3n) is 7.77. The molecule has 0 aliphatic heterocycles. The first-order valence-electron chi connectivity index (χ1n) is 16.4. The van der Waals surface area contributed by atoms with E-state index in [-0.39, 0.29) is 58.3 Å². The van der Waals surface area contributed by atoms with Crippen molar-refractivity contribution in [2.24, 2.45) is 0 Å². The average molecular weight is 734 g/mol. The fraction of sp³-hybridized carbons (Fsp3) is 0.282. The lowest BCUT2D eigenvalue weighted by atomic mass is 10.0. The molecular formula is C39H38F3N3O8. The molecule has 0 saturated heterocycles. The van der Waals surface area contributed by atoms with E-state index in [4.69, 9.17) is 14.2 Å². The molecule has 0 bridgehead atoms. The van der Waals surface area contributed by atoms with Gasteiger partial charge in [0.2, 0.25) is 0 Å². The summed E-state index contributed by atoms with van der Waals surface area (Å²) in [5, 5.41) is 2.75. The number of carbonyl (C=O) groups excluding carboxylic acids is 5. The molecular weight excluding hydrogens is 695 g/mol. The molecule has 11 nitrogen and oxygen atoms in total. The molecule has 4 rings (SSSR count). The van der Waals surface area contributed by atoms with Gasteiger partial charge in [-0.3, -0.25) is 19.4 Å². The maximum atomic E-state index is 13.6. The van der Waals surface area contributed by atoms with Crippen LogP contribution in [0, 0.1) is 6.92 Å². The number of aromatic nitrogens is 1. The van der Waals surface area contributed by atoms with Gasteiger partial charge in [-0.2, -0.15) is 13.2 Å². The van der Waals surface area contributed by atoms with E-state index in [2.05, 4.69) is 10.3 Å². The molecule has 0 fully saturated rings. The summed E-state index contributed by atoms with van der Waals surface area (Å²) in [6.45, 7) is 5.05. The van der Waals surface area contributed by atoms with Crippen LogP contribution >= 0.6 is 0 Å². The Morgan fingerprint density at radius 3 is 2.17 bits per heavy atom. The van der Waals surface area contributed by atoms with Gasteiger partial charge in [-0.1, -0.05) is 18.2 Å². The Kier molecular flexibility index (Phi) is 12.7. The summed E-state index contributed by atoms with van der Waals surface area (Å²) < 4.78 is 54.9. The number of nitrogens with zero attached hydrogens (tertiary/aromatic N) is 2. The fourth-order valence-corrected chi connectivity index (χ4v) is 5.15. The highest BCUT2D eigenvalue weighted by molar-refractivity contribution is 6.11. The molecule has 0 spiro atoms. The zero-order chi connectivity index (χ0) is 39.0. The Bertz CT molecular complexity index is 2030. The van der Waals surface area contributed by atoms with Crippen LogP contribution in [-0.4, -0.2) is 66.9 Å². The lowest BCUT2D eigenvalue weighted by molar-refractivity contribution is -0.137. The second-order valence-corrected chi connectivity index (χ2v) is 12.4. The molecule has 0 saturated carbocycles. The zero-order valence-electron chi connectivity index (χ0n) is 29.9. The molecule has 0 aliphatic carbocycles. The van der Waals surface area contributed by atoms with Crippen LogP contribution in [0.1, 0.15) is 84.9 Å². The van der Waals surface area contributed by atoms with E-state index in [0.29, 0.717) is 23.2 Å². The summed E-state index contributed by atoms with van der Waals surface area (Å²) in [4.78, 5) is 70.1. The monoisotopic (exact) mass is 733 g/mol. The first kappa shape index (κ1) is 39.7. The van der Waals surface area contributed by atoms with Crippen molar-refractivity contribution in [3.63, 3.8) is 0 Å². The van der Waals surface area contributed by atoms with E-state index in [1.165, 1.54) is 41.3 Å². The molecule has 3 aromatic carbocycles. The van der Waals surface area contributed by atoms with Crippen molar-refractivity contribution in [1.82, 2.24) is 9.88 Å². The van der Waals surface area contributed by atoms with Gasteiger partial charge in [-0.05, 0) is 93.8 Å². The summed E-state index contributed by atoms with van der Waals surface area (Å²) in [7, 11) is 4.25. The smallest absolute Gasteiger partial charge is 0.416 e. The zero-order valence-corrected chi connectivity index (χ0v) is 29.9. The van der Waals surface area contributed by atoms with Crippen LogP contribution in [0.4, 0.5) is 18.9 Å². The van der Waals surface area contributed by atoms with Gasteiger partial charge in [0.05, 0.1) is 46.8 Å². The lowest BCUT2D eigenvalue weighted by Gasteiger charge is -2.17. The van der Waals surface area contributed by atoms with Gasteiger partial charge in [0.25, 0.3) is 11.8 Å². The van der Waals surface area contributed by atoms with E-state index in [1.807, 2.05) is 0 Å². The van der Waals surface area contributed by atoms with Crippen molar-refractivity contribution in [2.75, 3.05) is 26.5 Å². The van der Waals surface area contributed by atoms with Gasteiger partial charge in [0, 0.05) is 31.8 Å². The van der Waals surface area contributed by atoms with Gasteiger partial charge >= 0.3 is 24.1 Å². The number of alkyl halides is 3. The topological polar surface area (TPSA) is 141 Å². The molecule has 4 aromatic rings. The van der Waals surface area contributed by atoms with Crippen LogP contribution in [0.5, 0.6) is 5.75 Å². The molecule has 0 aliphatic rings. The SMILES string of the molecule is COC(=O)c1cc(C(=O)OC(C)C)ccc1OC(=O)CCCc1ccc(NC(=O)c2ccc(C)nc2-c2ccc(C(F)(F)F)cc2)c(C(=O)N(C)C)c1. The molecule has 0 unspecified atom stereocenters. The largest absolute Gasteiger partial charge is 0.465 e. The van der Waals surface area contributed by atoms with Crippen molar-refractivity contribution < 1.29 is 51.4 Å². The van der Waals surface area contributed by atoms with Gasteiger partial charge in [0.15, 0.2) is 0 Å². The van der Waals surface area contributed by atoms with Crippen molar-refractivity contribution in [2.45, 2.75) is 52.3 Å². The summed E-state index contributed by atoms with van der Waals surface area (Å²) in [5.74, 6) is -3.26. The summed E-state index contributed by atoms with van der Waals surface area (Å²) in [6, 6.07) is 16.2. The average Bonchev–Trinajstić information content (AvgIpc) is 3.10. The van der Waals surface area contributed by atoms with Crippen molar-refractivity contribution in [3.8, 4) is 17.0 Å². The van der Waals surface area contributed by atoms with Crippen LogP contribution in [0.25, 0.3) is 11.3 Å². The maximum Gasteiger partial charge on any atom is 0.416 e. The predicted molar refractivity (Wildman–Crippen MR) is 189 cm³/mol. The second kappa shape index (κ2) is 17.0. The summed E-state index contributed by atoms with van der Waals surface area (Å²) in [5.41, 5.74) is 1.23. The van der Waals surface area contributed by atoms with E-state index in [9.17, 15) is 37.1 Å². The Labute approximate surface area is 304 Å². The van der Waals surface area contributed by atoms with Crippen LogP contribution in [0.3, 0.4) is 0 Å². The number of ether oxygens (including phenoxy) is 3. The number of amides is 2. The second-order valence-electron chi connectivity index (χ2n) is 12.4. The van der Waals surface area contributed by atoms with Gasteiger partial charge in [0.1, 0.15) is 11.3 Å². The summed E-state index contributed by atoms with van der Waals surface area (Å²) in [6.07, 6.45) is -4.36. The van der Waals surface area contributed by atoms with E-state index < -0.39 is 41.5 Å². The number of methoxy groups -OCH3 is 1. The minimum absolute atomic E-state index is 0.0691. The first-order valence-corrected chi connectivity index (χ1v) is 16.4. The molecule has 1 heterocycles. The number of nitrogens with one attached hydrogen (secondary N) is 1. The minimum Gasteiger partial charge on any atom is -0.465 e. The number of anilines is 1. The van der Waals surface area contributed by atoms with Crippen LogP contribution in [0.2, 0.25) is 0 Å². The van der Waals surface area contributed by atoms with Crippen molar-refractivity contribution >= 4 is 35.4 Å². The Hall–Kier alpha value is -6.05. The number of hydrogen-bond acceptors (Lipinski definition) is 9. The Morgan fingerprint density at radius 1 is 0.849 bits per heavy atom. The first-order chi connectivity index (χ1) is 25.0. The molecule has 2 amide bonds. The van der Waals surface area contributed by atoms with E-state index in [1.54, 1.807) is 59.1 Å². The van der Waals surface area contributed by atoms with E-state index in [0.717, 1.165) is 19.2 Å². The molecule has 1 N–H and O–H groups in total. The number of aryl methyl sites for hydroxylation is 2. The molecule has 0 atom stereocenters. The highest BCUT2D eigenvalue weighted by Crippen LogP contribution is 2.32. The number of esters is 3. The molecule has 1 aromatic heterocycles. The lowest BCUT2D eigenvalue weighted by Crippen LogP contribution is -2.24. The van der Waals surface area contributed by atoms with Crippen LogP contribution in [-0.2, 0) is 26.9 Å². The fourth-order valence-electron chi connectivity index (χ4n) is 5.15. The number of halogens is 3. The van der Waals surface area contributed by atoms with Gasteiger partial charge in [-0.25, -0.2) is 9.59 Å². The number of hydrogen-bond donors (Lipinski definition) is 1. The number of carbonyl (C=O) groups is 5. The Balaban J connectivity index is 1.49. The normalized spacial score (nSPS) is 11.1. The highest BCUT2D eigenvalue weighted by Gasteiger charge is 2.30. The molecule has 14 heteroatoms. The van der Waals surface area contributed by atoms with Gasteiger partial charge < -0.3 is 24.4 Å². The highest BCUT2D eigenvalue weighted by atomic mass is 19.4. The summed E-state index contributed by atoms with van der Waals surface area (Å²) >= 11 is 0. The third-order valence-corrected chi connectivity index (χ3v) is 7.77.